The lowest BCUT2D eigenvalue weighted by atomic mass is 9.96. The van der Waals surface area contributed by atoms with Gasteiger partial charge in [-0.1, -0.05) is 290 Å². The molecule has 89 heavy (non-hydrogen) atoms. The van der Waals surface area contributed by atoms with Gasteiger partial charge < -0.3 is 89.9 Å². The van der Waals surface area contributed by atoms with Gasteiger partial charge >= 0.3 is 0 Å². The molecule has 3 heterocycles. The van der Waals surface area contributed by atoms with Gasteiger partial charge in [0.2, 0.25) is 5.91 Å². The van der Waals surface area contributed by atoms with Gasteiger partial charge in [0.25, 0.3) is 0 Å². The Morgan fingerprint density at radius 2 is 0.640 bits per heavy atom. The number of nitrogens with one attached hydrogen (secondary N) is 1. The number of amides is 1. The molecule has 3 fully saturated rings. The van der Waals surface area contributed by atoms with E-state index in [0.717, 1.165) is 44.9 Å². The SMILES string of the molecule is CCCCCCCCCCCCCCCCCCCCCCCCCCCCCCCC(=O)NC(COC1OC(CO)C(OC2OC(CO)C(OC3OC(CO)C(O)C(O)C3O)C(O)C2O)C(O)C1O)C(O)CCCCCCCCCCCCCCCCC. The molecule has 0 radical (unpaired) electrons. The second-order valence-corrected chi connectivity index (χ2v) is 26.8. The van der Waals surface area contributed by atoms with Crippen LogP contribution in [-0.2, 0) is 33.2 Å². The molecular weight excluding hydrogens is 1140 g/mol. The van der Waals surface area contributed by atoms with Crippen LogP contribution >= 0.6 is 0 Å². The summed E-state index contributed by atoms with van der Waals surface area (Å²) < 4.78 is 34.4. The van der Waals surface area contributed by atoms with Gasteiger partial charge in [0.05, 0.1) is 38.6 Å². The number of unbranched alkanes of at least 4 members (excludes halogenated alkanes) is 42. The Labute approximate surface area is 538 Å². The van der Waals surface area contributed by atoms with E-state index in [2.05, 4.69) is 19.2 Å². The lowest BCUT2D eigenvalue weighted by Crippen LogP contribution is -2.66. The summed E-state index contributed by atoms with van der Waals surface area (Å²) in [5, 5.41) is 121. The van der Waals surface area contributed by atoms with Gasteiger partial charge in [0.1, 0.15) is 73.2 Å². The van der Waals surface area contributed by atoms with E-state index < -0.39 is 124 Å². The maximum absolute atomic E-state index is 13.4. The Bertz CT molecular complexity index is 1620. The molecule has 3 rings (SSSR count). The molecule has 0 aromatic heterocycles. The van der Waals surface area contributed by atoms with Gasteiger partial charge in [-0.3, -0.25) is 4.79 Å². The van der Waals surface area contributed by atoms with E-state index in [4.69, 9.17) is 28.4 Å². The van der Waals surface area contributed by atoms with Crippen molar-refractivity contribution in [3.8, 4) is 0 Å². The van der Waals surface area contributed by atoms with Crippen LogP contribution in [0.2, 0.25) is 0 Å². The van der Waals surface area contributed by atoms with Crippen molar-refractivity contribution in [1.29, 1.82) is 0 Å². The minimum Gasteiger partial charge on any atom is -0.394 e. The van der Waals surface area contributed by atoms with E-state index in [1.165, 1.54) is 231 Å². The van der Waals surface area contributed by atoms with Crippen molar-refractivity contribution in [1.82, 2.24) is 5.32 Å². The fourth-order valence-corrected chi connectivity index (χ4v) is 13.0. The van der Waals surface area contributed by atoms with Crippen LogP contribution < -0.4 is 5.32 Å². The summed E-state index contributed by atoms with van der Waals surface area (Å²) in [5.41, 5.74) is 0. The van der Waals surface area contributed by atoms with Crippen LogP contribution in [0.3, 0.4) is 0 Å². The van der Waals surface area contributed by atoms with Crippen molar-refractivity contribution in [3.63, 3.8) is 0 Å². The van der Waals surface area contributed by atoms with Gasteiger partial charge in [-0.15, -0.1) is 0 Å². The minimum atomic E-state index is -1.97. The van der Waals surface area contributed by atoms with Crippen LogP contribution in [0, 0.1) is 0 Å². The lowest BCUT2D eigenvalue weighted by molar-refractivity contribution is -0.379. The number of hydrogen-bond donors (Lipinski definition) is 12. The zero-order valence-corrected chi connectivity index (χ0v) is 55.9. The third-order valence-electron chi connectivity index (χ3n) is 18.9. The summed E-state index contributed by atoms with van der Waals surface area (Å²) >= 11 is 0. The van der Waals surface area contributed by atoms with Gasteiger partial charge in [0.15, 0.2) is 18.9 Å². The maximum atomic E-state index is 13.4. The Hall–Kier alpha value is -1.21. The summed E-state index contributed by atoms with van der Waals surface area (Å²) in [6.45, 7) is 1.84. The monoisotopic (exact) mass is 1280 g/mol. The van der Waals surface area contributed by atoms with Crippen molar-refractivity contribution in [2.24, 2.45) is 0 Å². The highest BCUT2D eigenvalue weighted by Crippen LogP contribution is 2.33. The first-order valence-electron chi connectivity index (χ1n) is 36.8. The minimum absolute atomic E-state index is 0.235. The lowest BCUT2D eigenvalue weighted by Gasteiger charge is -2.48. The number of carbonyl (C=O) groups is 1. The average molecular weight is 1280 g/mol. The standard InChI is InChI=1S/C70H135NO18/c1-3-5-7-9-11-13-15-17-19-20-21-22-23-24-25-26-27-28-29-30-31-32-34-36-38-40-42-44-46-48-58(76)71-53(54(75)47-45-43-41-39-37-35-33-18-16-14-12-10-8-6-4-2)52-84-68-64(82)61(79)66(56(50-73)86-68)89-70-65(83)62(80)67(57(51-74)87-70)88-69-63(81)60(78)59(77)55(49-72)85-69/h53-57,59-70,72-75,77-83H,3-52H2,1-2H3,(H,71,76). The molecule has 17 unspecified atom stereocenters. The summed E-state index contributed by atoms with van der Waals surface area (Å²) in [5.74, 6) is -0.235. The molecule has 0 aromatic carbocycles. The zero-order valence-electron chi connectivity index (χ0n) is 55.9. The van der Waals surface area contributed by atoms with Crippen molar-refractivity contribution < 1.29 is 89.4 Å². The number of aliphatic hydroxyl groups excluding tert-OH is 11. The molecular formula is C70H135NO18. The maximum Gasteiger partial charge on any atom is 0.220 e. The van der Waals surface area contributed by atoms with Crippen LogP contribution in [0.15, 0.2) is 0 Å². The largest absolute Gasteiger partial charge is 0.394 e. The molecule has 12 N–H and O–H groups in total. The van der Waals surface area contributed by atoms with E-state index in [9.17, 15) is 61.0 Å². The highest BCUT2D eigenvalue weighted by Gasteiger charge is 2.53. The molecule has 0 aromatic rings. The Kier molecular flexibility index (Phi) is 48.8. The van der Waals surface area contributed by atoms with Crippen LogP contribution in [0.4, 0.5) is 0 Å². The number of ether oxygens (including phenoxy) is 6. The molecule has 0 saturated carbocycles. The average Bonchev–Trinajstić information content (AvgIpc) is 2.42. The summed E-state index contributed by atoms with van der Waals surface area (Å²) in [7, 11) is 0. The van der Waals surface area contributed by atoms with E-state index in [1.54, 1.807) is 0 Å². The summed E-state index contributed by atoms with van der Waals surface area (Å²) in [6.07, 6.45) is 30.5. The van der Waals surface area contributed by atoms with E-state index in [0.29, 0.717) is 12.8 Å². The molecule has 528 valence electrons. The fraction of sp³-hybridized carbons (Fsp3) is 0.986. The number of aliphatic hydroxyl groups is 11. The van der Waals surface area contributed by atoms with Crippen molar-refractivity contribution in [3.05, 3.63) is 0 Å². The molecule has 3 aliphatic heterocycles. The molecule has 0 spiro atoms. The fourth-order valence-electron chi connectivity index (χ4n) is 13.0. The van der Waals surface area contributed by atoms with Crippen LogP contribution in [0.5, 0.6) is 0 Å². The summed E-state index contributed by atoms with van der Waals surface area (Å²) in [6, 6.07) is -0.881. The molecule has 19 nitrogen and oxygen atoms in total. The quantitative estimate of drug-likeness (QED) is 0.0252. The second kappa shape index (κ2) is 53.0. The Morgan fingerprint density at radius 1 is 0.360 bits per heavy atom. The highest BCUT2D eigenvalue weighted by atomic mass is 16.8. The first-order valence-corrected chi connectivity index (χ1v) is 36.8. The van der Waals surface area contributed by atoms with Crippen LogP contribution in [-0.4, -0.2) is 193 Å². The molecule has 19 heteroatoms. The number of hydrogen-bond acceptors (Lipinski definition) is 18. The molecule has 0 bridgehead atoms. The summed E-state index contributed by atoms with van der Waals surface area (Å²) in [4.78, 5) is 13.4. The normalized spacial score (nSPS) is 28.1. The molecule has 3 aliphatic rings. The van der Waals surface area contributed by atoms with Crippen molar-refractivity contribution >= 4 is 5.91 Å². The molecule has 0 aliphatic carbocycles. The first kappa shape index (κ1) is 82.0. The predicted molar refractivity (Wildman–Crippen MR) is 347 cm³/mol. The van der Waals surface area contributed by atoms with Crippen LogP contribution in [0.1, 0.15) is 309 Å². The topological polar surface area (TPSA) is 307 Å². The van der Waals surface area contributed by atoms with Crippen molar-refractivity contribution in [2.45, 2.75) is 413 Å². The van der Waals surface area contributed by atoms with Gasteiger partial charge in [-0.05, 0) is 12.8 Å². The van der Waals surface area contributed by atoms with Crippen LogP contribution in [0.25, 0.3) is 0 Å². The van der Waals surface area contributed by atoms with Gasteiger partial charge in [0, 0.05) is 6.42 Å². The Balaban J connectivity index is 1.37. The highest BCUT2D eigenvalue weighted by molar-refractivity contribution is 5.76. The third kappa shape index (κ3) is 34.9. The first-order chi connectivity index (χ1) is 43.3. The Morgan fingerprint density at radius 3 is 0.978 bits per heavy atom. The molecule has 3 saturated heterocycles. The molecule has 17 atom stereocenters. The van der Waals surface area contributed by atoms with E-state index in [-0.39, 0.29) is 18.9 Å². The number of rotatable bonds is 58. The van der Waals surface area contributed by atoms with Gasteiger partial charge in [-0.25, -0.2) is 0 Å². The predicted octanol–water partition coefficient (Wildman–Crippen LogP) is 10.3. The second-order valence-electron chi connectivity index (χ2n) is 26.8. The van der Waals surface area contributed by atoms with E-state index >= 15 is 0 Å². The molecule has 1 amide bonds. The van der Waals surface area contributed by atoms with E-state index in [1.807, 2.05) is 0 Å². The smallest absolute Gasteiger partial charge is 0.220 e. The van der Waals surface area contributed by atoms with Gasteiger partial charge in [-0.2, -0.15) is 0 Å². The third-order valence-corrected chi connectivity index (χ3v) is 18.9. The zero-order chi connectivity index (χ0) is 64.7. The number of carbonyl (C=O) groups excluding carboxylic acids is 1. The van der Waals surface area contributed by atoms with Crippen molar-refractivity contribution in [2.75, 3.05) is 26.4 Å².